The Morgan fingerprint density at radius 2 is 2.33 bits per heavy atom. The van der Waals surface area contributed by atoms with Gasteiger partial charge in [0.2, 0.25) is 0 Å². The van der Waals surface area contributed by atoms with Crippen LogP contribution in [0.2, 0.25) is 5.02 Å². The highest BCUT2D eigenvalue weighted by Crippen LogP contribution is 2.28. The maximum atomic E-state index is 9.87. The summed E-state index contributed by atoms with van der Waals surface area (Å²) in [5.74, 6) is 0.802. The van der Waals surface area contributed by atoms with Crippen molar-refractivity contribution in [1.29, 1.82) is 0 Å². The molecule has 1 aromatic rings. The van der Waals surface area contributed by atoms with Gasteiger partial charge in [-0.2, -0.15) is 0 Å². The first kappa shape index (κ1) is 13.7. The standard InChI is InChI=1S/C14H20ClNO2/c1-16(8-11-4-3-7-18-10-11)9-12-5-2-6-13(15)14(12)17/h2,5-6,11,17H,3-4,7-10H2,1H3. The highest BCUT2D eigenvalue weighted by Gasteiger charge is 2.16. The lowest BCUT2D eigenvalue weighted by atomic mass is 10.0. The molecule has 3 nitrogen and oxygen atoms in total. The van der Waals surface area contributed by atoms with Crippen molar-refractivity contribution in [3.05, 3.63) is 28.8 Å². The molecule has 1 aromatic carbocycles. The Morgan fingerprint density at radius 3 is 3.06 bits per heavy atom. The lowest BCUT2D eigenvalue weighted by Gasteiger charge is -2.27. The van der Waals surface area contributed by atoms with Crippen LogP contribution >= 0.6 is 11.6 Å². The van der Waals surface area contributed by atoms with Crippen molar-refractivity contribution >= 4 is 11.6 Å². The zero-order valence-electron chi connectivity index (χ0n) is 10.7. The Labute approximate surface area is 113 Å². The van der Waals surface area contributed by atoms with Crippen molar-refractivity contribution in [2.24, 2.45) is 5.92 Å². The molecule has 0 bridgehead atoms. The monoisotopic (exact) mass is 269 g/mol. The molecule has 100 valence electrons. The van der Waals surface area contributed by atoms with Crippen molar-refractivity contribution in [3.63, 3.8) is 0 Å². The summed E-state index contributed by atoms with van der Waals surface area (Å²) in [6.07, 6.45) is 2.38. The van der Waals surface area contributed by atoms with E-state index in [0.29, 0.717) is 17.5 Å². The first-order chi connectivity index (χ1) is 8.66. The maximum Gasteiger partial charge on any atom is 0.138 e. The Kier molecular flexibility index (Phi) is 4.87. The second-order valence-corrected chi connectivity index (χ2v) is 5.43. The number of halogens is 1. The van der Waals surface area contributed by atoms with E-state index in [9.17, 15) is 5.11 Å². The molecule has 0 saturated carbocycles. The van der Waals surface area contributed by atoms with Gasteiger partial charge >= 0.3 is 0 Å². The van der Waals surface area contributed by atoms with Gasteiger partial charge in [0.1, 0.15) is 5.75 Å². The SMILES string of the molecule is CN(Cc1cccc(Cl)c1O)CC1CCCOC1. The van der Waals surface area contributed by atoms with E-state index in [1.807, 2.05) is 12.1 Å². The molecule has 1 saturated heterocycles. The quantitative estimate of drug-likeness (QED) is 0.912. The van der Waals surface area contributed by atoms with E-state index in [4.69, 9.17) is 16.3 Å². The Hall–Kier alpha value is -0.770. The molecule has 18 heavy (non-hydrogen) atoms. The van der Waals surface area contributed by atoms with Crippen LogP contribution in [0, 0.1) is 5.92 Å². The normalized spacial score (nSPS) is 20.3. The topological polar surface area (TPSA) is 32.7 Å². The predicted octanol–water partition coefficient (Wildman–Crippen LogP) is 2.90. The first-order valence-corrected chi connectivity index (χ1v) is 6.77. The molecule has 2 rings (SSSR count). The molecular formula is C14H20ClNO2. The number of ether oxygens (including phenoxy) is 1. The third kappa shape index (κ3) is 3.61. The largest absolute Gasteiger partial charge is 0.506 e. The number of benzene rings is 1. The van der Waals surface area contributed by atoms with Crippen LogP contribution in [0.3, 0.4) is 0 Å². The van der Waals surface area contributed by atoms with Crippen molar-refractivity contribution in [3.8, 4) is 5.75 Å². The van der Waals surface area contributed by atoms with E-state index in [-0.39, 0.29) is 5.75 Å². The van der Waals surface area contributed by atoms with Gasteiger partial charge < -0.3 is 14.7 Å². The summed E-state index contributed by atoms with van der Waals surface area (Å²) in [6.45, 7) is 3.45. The molecule has 1 aliphatic heterocycles. The fraction of sp³-hybridized carbons (Fsp3) is 0.571. The third-order valence-electron chi connectivity index (χ3n) is 3.34. The summed E-state index contributed by atoms with van der Waals surface area (Å²) in [4.78, 5) is 2.21. The number of hydrogen-bond donors (Lipinski definition) is 1. The molecule has 0 aromatic heterocycles. The summed E-state index contributed by atoms with van der Waals surface area (Å²) in [6, 6.07) is 5.49. The van der Waals surface area contributed by atoms with Crippen molar-refractivity contribution in [1.82, 2.24) is 4.90 Å². The molecule has 1 atom stereocenters. The number of nitrogens with zero attached hydrogens (tertiary/aromatic N) is 1. The summed E-state index contributed by atoms with van der Waals surface area (Å²) in [7, 11) is 2.06. The van der Waals surface area contributed by atoms with Gasteiger partial charge in [0.15, 0.2) is 0 Å². The molecule has 1 aliphatic rings. The van der Waals surface area contributed by atoms with Crippen LogP contribution in [0.25, 0.3) is 0 Å². The molecule has 1 unspecified atom stereocenters. The fourth-order valence-electron chi connectivity index (χ4n) is 2.44. The second-order valence-electron chi connectivity index (χ2n) is 5.03. The number of aromatic hydroxyl groups is 1. The average molecular weight is 270 g/mol. The van der Waals surface area contributed by atoms with Gasteiger partial charge in [-0.05, 0) is 31.9 Å². The summed E-state index contributed by atoms with van der Waals surface area (Å²) in [5, 5.41) is 10.3. The maximum absolute atomic E-state index is 9.87. The number of phenolic OH excluding ortho intramolecular Hbond substituents is 1. The molecule has 0 spiro atoms. The smallest absolute Gasteiger partial charge is 0.138 e. The van der Waals surface area contributed by atoms with Gasteiger partial charge in [-0.3, -0.25) is 0 Å². The lowest BCUT2D eigenvalue weighted by Crippen LogP contribution is -2.30. The zero-order chi connectivity index (χ0) is 13.0. The molecule has 1 heterocycles. The Balaban J connectivity index is 1.90. The average Bonchev–Trinajstić information content (AvgIpc) is 2.36. The minimum absolute atomic E-state index is 0.200. The highest BCUT2D eigenvalue weighted by atomic mass is 35.5. The Morgan fingerprint density at radius 1 is 1.50 bits per heavy atom. The second kappa shape index (κ2) is 6.41. The first-order valence-electron chi connectivity index (χ1n) is 6.39. The molecule has 0 amide bonds. The van der Waals surface area contributed by atoms with Gasteiger partial charge in [-0.1, -0.05) is 23.7 Å². The van der Waals surface area contributed by atoms with Crippen molar-refractivity contribution < 1.29 is 9.84 Å². The van der Waals surface area contributed by atoms with Crippen LogP contribution in [-0.2, 0) is 11.3 Å². The minimum Gasteiger partial charge on any atom is -0.506 e. The van der Waals surface area contributed by atoms with E-state index in [0.717, 1.165) is 31.7 Å². The molecule has 1 fully saturated rings. The van der Waals surface area contributed by atoms with Crippen LogP contribution in [0.4, 0.5) is 0 Å². The molecular weight excluding hydrogens is 250 g/mol. The number of para-hydroxylation sites is 1. The Bertz CT molecular complexity index is 391. The van der Waals surface area contributed by atoms with Crippen LogP contribution in [0.1, 0.15) is 18.4 Å². The molecule has 4 heteroatoms. The number of rotatable bonds is 4. The lowest BCUT2D eigenvalue weighted by molar-refractivity contribution is 0.0411. The molecule has 0 radical (unpaired) electrons. The molecule has 1 N–H and O–H groups in total. The van der Waals surface area contributed by atoms with Gasteiger partial charge in [0.25, 0.3) is 0 Å². The van der Waals surface area contributed by atoms with Crippen LogP contribution in [-0.4, -0.2) is 36.8 Å². The number of hydrogen-bond acceptors (Lipinski definition) is 3. The van der Waals surface area contributed by atoms with E-state index in [1.165, 1.54) is 6.42 Å². The van der Waals surface area contributed by atoms with E-state index in [2.05, 4.69) is 11.9 Å². The minimum atomic E-state index is 0.200. The van der Waals surface area contributed by atoms with Gasteiger partial charge in [0, 0.05) is 25.3 Å². The van der Waals surface area contributed by atoms with E-state index < -0.39 is 0 Å². The van der Waals surface area contributed by atoms with Crippen LogP contribution < -0.4 is 0 Å². The van der Waals surface area contributed by atoms with Gasteiger partial charge in [0.05, 0.1) is 11.6 Å². The predicted molar refractivity (Wildman–Crippen MR) is 73.0 cm³/mol. The van der Waals surface area contributed by atoms with Gasteiger partial charge in [-0.15, -0.1) is 0 Å². The van der Waals surface area contributed by atoms with E-state index >= 15 is 0 Å². The van der Waals surface area contributed by atoms with Crippen LogP contribution in [0.15, 0.2) is 18.2 Å². The third-order valence-corrected chi connectivity index (χ3v) is 3.64. The highest BCUT2D eigenvalue weighted by molar-refractivity contribution is 6.32. The van der Waals surface area contributed by atoms with Gasteiger partial charge in [-0.25, -0.2) is 0 Å². The van der Waals surface area contributed by atoms with Crippen molar-refractivity contribution in [2.45, 2.75) is 19.4 Å². The van der Waals surface area contributed by atoms with Crippen molar-refractivity contribution in [2.75, 3.05) is 26.8 Å². The molecule has 0 aliphatic carbocycles. The summed E-state index contributed by atoms with van der Waals surface area (Å²) >= 11 is 5.90. The van der Waals surface area contributed by atoms with Crippen LogP contribution in [0.5, 0.6) is 5.75 Å². The summed E-state index contributed by atoms with van der Waals surface area (Å²) < 4.78 is 5.48. The summed E-state index contributed by atoms with van der Waals surface area (Å²) in [5.41, 5.74) is 0.877. The fourth-order valence-corrected chi connectivity index (χ4v) is 2.63. The zero-order valence-corrected chi connectivity index (χ0v) is 11.5. The van der Waals surface area contributed by atoms with E-state index in [1.54, 1.807) is 6.07 Å². The number of phenols is 1.